The van der Waals surface area contributed by atoms with Gasteiger partial charge in [0, 0.05) is 5.69 Å². The molecule has 1 atom stereocenters. The largest absolute Gasteiger partial charge is 0.324 e. The second-order valence-corrected chi connectivity index (χ2v) is 5.38. The molecular formula is C14H16ClN3O. The van der Waals surface area contributed by atoms with Gasteiger partial charge < -0.3 is 10.6 Å². The summed E-state index contributed by atoms with van der Waals surface area (Å²) in [6.07, 6.45) is 2.96. The first-order chi connectivity index (χ1) is 9.05. The fourth-order valence-corrected chi connectivity index (χ4v) is 2.37. The van der Waals surface area contributed by atoms with Crippen LogP contribution in [0.4, 0.5) is 5.69 Å². The molecule has 1 aromatic rings. The average Bonchev–Trinajstić information content (AvgIpc) is 2.41. The fourth-order valence-electron chi connectivity index (χ4n) is 2.21. The van der Waals surface area contributed by atoms with Crippen molar-refractivity contribution in [2.24, 2.45) is 0 Å². The van der Waals surface area contributed by atoms with Gasteiger partial charge in [-0.3, -0.25) is 4.79 Å². The highest BCUT2D eigenvalue weighted by molar-refractivity contribution is 6.31. The molecule has 1 heterocycles. The Labute approximate surface area is 117 Å². The van der Waals surface area contributed by atoms with Gasteiger partial charge in [0.2, 0.25) is 5.91 Å². The first-order valence-corrected chi connectivity index (χ1v) is 6.69. The van der Waals surface area contributed by atoms with Crippen LogP contribution in [0.5, 0.6) is 0 Å². The maximum absolute atomic E-state index is 12.3. The summed E-state index contributed by atoms with van der Waals surface area (Å²) in [5.41, 5.74) is 0.422. The van der Waals surface area contributed by atoms with Gasteiger partial charge in [0.05, 0.1) is 16.1 Å². The molecule has 1 aliphatic heterocycles. The van der Waals surface area contributed by atoms with E-state index < -0.39 is 5.54 Å². The Kier molecular flexibility index (Phi) is 4.08. The molecule has 0 aliphatic carbocycles. The molecule has 2 rings (SSSR count). The fraction of sp³-hybridized carbons (Fsp3) is 0.429. The van der Waals surface area contributed by atoms with Crippen LogP contribution in [0.1, 0.15) is 31.7 Å². The second kappa shape index (κ2) is 5.60. The first-order valence-electron chi connectivity index (χ1n) is 6.31. The topological polar surface area (TPSA) is 64.9 Å². The Hall–Kier alpha value is -1.57. The van der Waals surface area contributed by atoms with E-state index in [1.807, 2.05) is 13.0 Å². The summed E-state index contributed by atoms with van der Waals surface area (Å²) in [6, 6.07) is 6.91. The summed E-state index contributed by atoms with van der Waals surface area (Å²) in [5.74, 6) is -0.0709. The maximum atomic E-state index is 12.3. The van der Waals surface area contributed by atoms with Crippen LogP contribution >= 0.6 is 11.6 Å². The first kappa shape index (κ1) is 13.9. The molecule has 0 bridgehead atoms. The van der Waals surface area contributed by atoms with Crippen molar-refractivity contribution in [2.45, 2.75) is 31.7 Å². The van der Waals surface area contributed by atoms with E-state index in [1.165, 1.54) is 0 Å². The molecule has 0 saturated carbocycles. The molecule has 1 saturated heterocycles. The van der Waals surface area contributed by atoms with Crippen molar-refractivity contribution in [1.82, 2.24) is 5.32 Å². The Bertz CT molecular complexity index is 530. The third-order valence-electron chi connectivity index (χ3n) is 3.46. The summed E-state index contributed by atoms with van der Waals surface area (Å²) in [6.45, 7) is 2.76. The van der Waals surface area contributed by atoms with Gasteiger partial charge in [-0.15, -0.1) is 0 Å². The van der Waals surface area contributed by atoms with Crippen molar-refractivity contribution in [3.8, 4) is 6.07 Å². The lowest BCUT2D eigenvalue weighted by Gasteiger charge is -2.33. The second-order valence-electron chi connectivity index (χ2n) is 4.98. The Morgan fingerprint density at radius 1 is 1.53 bits per heavy atom. The van der Waals surface area contributed by atoms with E-state index >= 15 is 0 Å². The molecule has 0 radical (unpaired) electrons. The van der Waals surface area contributed by atoms with Gasteiger partial charge in [0.1, 0.15) is 6.07 Å². The van der Waals surface area contributed by atoms with Gasteiger partial charge in [-0.2, -0.15) is 5.26 Å². The number of hydrogen-bond acceptors (Lipinski definition) is 3. The van der Waals surface area contributed by atoms with Crippen LogP contribution in [0.15, 0.2) is 18.2 Å². The summed E-state index contributed by atoms with van der Waals surface area (Å²) in [4.78, 5) is 12.3. The zero-order valence-corrected chi connectivity index (χ0v) is 11.5. The standard InChI is InChI=1S/C14H16ClN3O/c1-14(6-2-3-7-17-14)13(19)18-11-4-5-12(15)10(8-11)9-16/h4-5,8,17H,2-3,6-7H2,1H3,(H,18,19). The van der Waals surface area contributed by atoms with Gasteiger partial charge in [0.15, 0.2) is 0 Å². The van der Waals surface area contributed by atoms with Crippen LogP contribution < -0.4 is 10.6 Å². The lowest BCUT2D eigenvalue weighted by atomic mass is 9.90. The number of hydrogen-bond donors (Lipinski definition) is 2. The minimum absolute atomic E-state index is 0.0709. The van der Waals surface area contributed by atoms with Gasteiger partial charge >= 0.3 is 0 Å². The van der Waals surface area contributed by atoms with E-state index in [1.54, 1.807) is 18.2 Å². The van der Waals surface area contributed by atoms with Crippen molar-refractivity contribution >= 4 is 23.2 Å². The molecular weight excluding hydrogens is 262 g/mol. The quantitative estimate of drug-likeness (QED) is 0.873. The highest BCUT2D eigenvalue weighted by Gasteiger charge is 2.34. The van der Waals surface area contributed by atoms with E-state index in [2.05, 4.69) is 10.6 Å². The Balaban J connectivity index is 2.13. The minimum Gasteiger partial charge on any atom is -0.324 e. The molecule has 2 N–H and O–H groups in total. The zero-order valence-electron chi connectivity index (χ0n) is 10.8. The van der Waals surface area contributed by atoms with E-state index in [4.69, 9.17) is 16.9 Å². The number of nitrogens with zero attached hydrogens (tertiary/aromatic N) is 1. The summed E-state index contributed by atoms with van der Waals surface area (Å²) in [5, 5.41) is 15.4. The van der Waals surface area contributed by atoms with Gasteiger partial charge in [0.25, 0.3) is 0 Å². The van der Waals surface area contributed by atoms with E-state index in [0.717, 1.165) is 25.8 Å². The van der Waals surface area contributed by atoms with E-state index in [9.17, 15) is 4.79 Å². The lowest BCUT2D eigenvalue weighted by Crippen LogP contribution is -2.54. The number of piperidine rings is 1. The predicted molar refractivity (Wildman–Crippen MR) is 75.1 cm³/mol. The highest BCUT2D eigenvalue weighted by Crippen LogP contribution is 2.23. The lowest BCUT2D eigenvalue weighted by molar-refractivity contribution is -0.122. The number of carbonyl (C=O) groups is 1. The maximum Gasteiger partial charge on any atom is 0.244 e. The van der Waals surface area contributed by atoms with Crippen LogP contribution in [0, 0.1) is 11.3 Å². The summed E-state index contributed by atoms with van der Waals surface area (Å²) >= 11 is 5.86. The third-order valence-corrected chi connectivity index (χ3v) is 3.79. The summed E-state index contributed by atoms with van der Waals surface area (Å²) in [7, 11) is 0. The monoisotopic (exact) mass is 277 g/mol. The minimum atomic E-state index is -0.537. The molecule has 1 amide bonds. The van der Waals surface area contributed by atoms with Crippen LogP contribution in [0.2, 0.25) is 5.02 Å². The smallest absolute Gasteiger partial charge is 0.244 e. The van der Waals surface area contributed by atoms with Crippen molar-refractivity contribution in [1.29, 1.82) is 5.26 Å². The molecule has 1 aromatic carbocycles. The molecule has 19 heavy (non-hydrogen) atoms. The number of carbonyl (C=O) groups excluding carboxylic acids is 1. The number of rotatable bonds is 2. The zero-order chi connectivity index (χ0) is 13.9. The van der Waals surface area contributed by atoms with Crippen molar-refractivity contribution in [2.75, 3.05) is 11.9 Å². The predicted octanol–water partition coefficient (Wildman–Crippen LogP) is 2.68. The summed E-state index contributed by atoms with van der Waals surface area (Å²) < 4.78 is 0. The number of nitrogens with one attached hydrogen (secondary N) is 2. The van der Waals surface area contributed by atoms with Gasteiger partial charge in [-0.25, -0.2) is 0 Å². The van der Waals surface area contributed by atoms with Gasteiger partial charge in [-0.05, 0) is 50.9 Å². The highest BCUT2D eigenvalue weighted by atomic mass is 35.5. The van der Waals surface area contributed by atoms with Crippen LogP contribution in [0.3, 0.4) is 0 Å². The van der Waals surface area contributed by atoms with Crippen molar-refractivity contribution in [3.05, 3.63) is 28.8 Å². The number of amides is 1. The normalized spacial score (nSPS) is 22.6. The Morgan fingerprint density at radius 2 is 2.32 bits per heavy atom. The number of halogens is 1. The molecule has 100 valence electrons. The Morgan fingerprint density at radius 3 is 2.95 bits per heavy atom. The third kappa shape index (κ3) is 3.06. The molecule has 1 aliphatic rings. The molecule has 1 fully saturated rings. The van der Waals surface area contributed by atoms with Crippen LogP contribution in [-0.2, 0) is 4.79 Å². The molecule has 0 spiro atoms. The van der Waals surface area contributed by atoms with Crippen molar-refractivity contribution < 1.29 is 4.79 Å². The van der Waals surface area contributed by atoms with Gasteiger partial charge in [-0.1, -0.05) is 11.6 Å². The van der Waals surface area contributed by atoms with Crippen molar-refractivity contribution in [3.63, 3.8) is 0 Å². The molecule has 0 aromatic heterocycles. The van der Waals surface area contributed by atoms with E-state index in [0.29, 0.717) is 16.3 Å². The SMILES string of the molecule is CC1(C(=O)Nc2ccc(Cl)c(C#N)c2)CCCCN1. The molecule has 1 unspecified atom stereocenters. The van der Waals surface area contributed by atoms with Crippen LogP contribution in [-0.4, -0.2) is 18.0 Å². The molecule has 5 heteroatoms. The average molecular weight is 278 g/mol. The van der Waals surface area contributed by atoms with E-state index in [-0.39, 0.29) is 5.91 Å². The molecule has 4 nitrogen and oxygen atoms in total. The number of nitriles is 1. The van der Waals surface area contributed by atoms with Crippen LogP contribution in [0.25, 0.3) is 0 Å². The number of anilines is 1. The number of benzene rings is 1.